The summed E-state index contributed by atoms with van der Waals surface area (Å²) in [7, 11) is 0. The molecule has 1 aliphatic carbocycles. The second kappa shape index (κ2) is 13.7. The molecular weight excluding hydrogens is 448 g/mol. The fourth-order valence-electron chi connectivity index (χ4n) is 5.24. The Labute approximate surface area is 210 Å². The minimum absolute atomic E-state index is 0.0105. The molecule has 0 aromatic rings. The molecule has 7 heteroatoms. The number of ether oxygens (including phenoxy) is 4. The molecule has 0 amide bonds. The first-order chi connectivity index (χ1) is 16.8. The summed E-state index contributed by atoms with van der Waals surface area (Å²) in [4.78, 5) is 24.8. The van der Waals surface area contributed by atoms with E-state index in [1.807, 2.05) is 26.0 Å². The average molecular weight is 493 g/mol. The lowest BCUT2D eigenvalue weighted by molar-refractivity contribution is -0.201. The van der Waals surface area contributed by atoms with Crippen LogP contribution in [0.2, 0.25) is 0 Å². The van der Waals surface area contributed by atoms with Gasteiger partial charge in [0.15, 0.2) is 24.0 Å². The number of carboxylic acids is 1. The summed E-state index contributed by atoms with van der Waals surface area (Å²) < 4.78 is 23.2. The van der Waals surface area contributed by atoms with Crippen molar-refractivity contribution in [1.82, 2.24) is 0 Å². The number of carboxylic acid groups (broad SMARTS) is 1. The number of fused-ring (bicyclic) bond motifs is 1. The highest BCUT2D eigenvalue weighted by atomic mass is 16.8. The number of carbonyl (C=O) groups excluding carboxylic acids is 1. The number of hydrogen-bond donors (Lipinski definition) is 1. The van der Waals surface area contributed by atoms with Crippen molar-refractivity contribution in [3.8, 4) is 0 Å². The summed E-state index contributed by atoms with van der Waals surface area (Å²) in [6, 6.07) is 0. The van der Waals surface area contributed by atoms with Crippen molar-refractivity contribution in [1.29, 1.82) is 0 Å². The van der Waals surface area contributed by atoms with Crippen LogP contribution in [0.5, 0.6) is 0 Å². The monoisotopic (exact) mass is 492 g/mol. The Morgan fingerprint density at radius 1 is 1.14 bits per heavy atom. The number of rotatable bonds is 14. The first-order valence-electron chi connectivity index (χ1n) is 13.5. The number of carbonyl (C=O) groups is 2. The van der Waals surface area contributed by atoms with Crippen LogP contribution in [0.4, 0.5) is 0 Å². The SMILES string of the molecule is CCCCCCC=C[C@H]1[C@@H]2OC(C)(C)O[C@@H]2C(=O)[C@@H]1CC=CCCC(OC1CCCCO1)C(=O)O. The first kappa shape index (κ1) is 28.0. The molecule has 2 unspecified atom stereocenters. The highest BCUT2D eigenvalue weighted by Crippen LogP contribution is 2.44. The Bertz CT molecular complexity index is 738. The van der Waals surface area contributed by atoms with Crippen LogP contribution in [-0.4, -0.2) is 53.9 Å². The summed E-state index contributed by atoms with van der Waals surface area (Å²) in [5.74, 6) is -1.80. The van der Waals surface area contributed by atoms with E-state index in [-0.39, 0.29) is 23.7 Å². The van der Waals surface area contributed by atoms with Crippen LogP contribution in [0.3, 0.4) is 0 Å². The Balaban J connectivity index is 1.52. The molecule has 2 saturated heterocycles. The van der Waals surface area contributed by atoms with Gasteiger partial charge in [-0.05, 0) is 65.2 Å². The summed E-state index contributed by atoms with van der Waals surface area (Å²) in [6.45, 7) is 6.54. The zero-order valence-electron chi connectivity index (χ0n) is 21.7. The van der Waals surface area contributed by atoms with Gasteiger partial charge in [0.1, 0.15) is 12.2 Å². The van der Waals surface area contributed by atoms with Gasteiger partial charge in [-0.1, -0.05) is 50.5 Å². The van der Waals surface area contributed by atoms with E-state index in [4.69, 9.17) is 18.9 Å². The first-order valence-corrected chi connectivity index (χ1v) is 13.5. The zero-order chi connectivity index (χ0) is 25.3. The largest absolute Gasteiger partial charge is 0.479 e. The quantitative estimate of drug-likeness (QED) is 0.250. The maximum Gasteiger partial charge on any atom is 0.332 e. The summed E-state index contributed by atoms with van der Waals surface area (Å²) in [5, 5.41) is 9.50. The lowest BCUT2D eigenvalue weighted by atomic mass is 9.90. The highest BCUT2D eigenvalue weighted by Gasteiger charge is 2.57. The number of hydrogen-bond acceptors (Lipinski definition) is 6. The van der Waals surface area contributed by atoms with Crippen molar-refractivity contribution in [2.45, 2.75) is 122 Å². The summed E-state index contributed by atoms with van der Waals surface area (Å²) >= 11 is 0. The molecule has 7 nitrogen and oxygen atoms in total. The lowest BCUT2D eigenvalue weighted by Crippen LogP contribution is -2.32. The Kier molecular flexibility index (Phi) is 11.0. The van der Waals surface area contributed by atoms with Gasteiger partial charge in [0, 0.05) is 18.4 Å². The number of Topliss-reactive ketones (excluding diaryl/α,β-unsaturated/α-hetero) is 1. The maximum atomic E-state index is 13.2. The number of unbranched alkanes of at least 4 members (excludes halogenated alkanes) is 4. The third-order valence-electron chi connectivity index (χ3n) is 7.08. The molecule has 1 saturated carbocycles. The molecule has 2 heterocycles. The van der Waals surface area contributed by atoms with E-state index >= 15 is 0 Å². The van der Waals surface area contributed by atoms with Crippen LogP contribution >= 0.6 is 0 Å². The Morgan fingerprint density at radius 2 is 1.97 bits per heavy atom. The van der Waals surface area contributed by atoms with Crippen molar-refractivity contribution >= 4 is 11.8 Å². The zero-order valence-corrected chi connectivity index (χ0v) is 21.7. The van der Waals surface area contributed by atoms with Gasteiger partial charge in [0.25, 0.3) is 0 Å². The molecule has 2 aliphatic heterocycles. The molecule has 1 N–H and O–H groups in total. The molecule has 0 spiro atoms. The maximum absolute atomic E-state index is 13.2. The Hall–Kier alpha value is -1.54. The molecule has 198 valence electrons. The molecular formula is C28H44O7. The van der Waals surface area contributed by atoms with Gasteiger partial charge in [-0.2, -0.15) is 0 Å². The van der Waals surface area contributed by atoms with Crippen molar-refractivity contribution in [3.05, 3.63) is 24.3 Å². The van der Waals surface area contributed by atoms with E-state index in [1.54, 1.807) is 0 Å². The number of aliphatic carboxylic acids is 1. The van der Waals surface area contributed by atoms with Crippen molar-refractivity contribution in [3.63, 3.8) is 0 Å². The van der Waals surface area contributed by atoms with Crippen LogP contribution in [0.1, 0.15) is 91.4 Å². The predicted molar refractivity (Wildman–Crippen MR) is 133 cm³/mol. The van der Waals surface area contributed by atoms with Gasteiger partial charge in [0.2, 0.25) is 0 Å². The van der Waals surface area contributed by atoms with Crippen LogP contribution in [-0.2, 0) is 28.5 Å². The van der Waals surface area contributed by atoms with Crippen LogP contribution in [0.25, 0.3) is 0 Å². The van der Waals surface area contributed by atoms with Crippen LogP contribution in [0.15, 0.2) is 24.3 Å². The van der Waals surface area contributed by atoms with Crippen molar-refractivity contribution < 1.29 is 33.6 Å². The highest BCUT2D eigenvalue weighted by molar-refractivity contribution is 5.90. The second-order valence-electron chi connectivity index (χ2n) is 10.4. The lowest BCUT2D eigenvalue weighted by Gasteiger charge is -2.25. The van der Waals surface area contributed by atoms with E-state index < -0.39 is 30.3 Å². The second-order valence-corrected chi connectivity index (χ2v) is 10.4. The van der Waals surface area contributed by atoms with Gasteiger partial charge in [-0.3, -0.25) is 4.79 Å². The van der Waals surface area contributed by atoms with E-state index in [0.29, 0.717) is 25.9 Å². The molecule has 0 radical (unpaired) electrons. The smallest absolute Gasteiger partial charge is 0.332 e. The fourth-order valence-corrected chi connectivity index (χ4v) is 5.24. The molecule has 3 rings (SSSR count). The van der Waals surface area contributed by atoms with E-state index in [0.717, 1.165) is 32.1 Å². The van der Waals surface area contributed by atoms with Crippen molar-refractivity contribution in [2.24, 2.45) is 11.8 Å². The van der Waals surface area contributed by atoms with Gasteiger partial charge in [-0.25, -0.2) is 4.79 Å². The minimum Gasteiger partial charge on any atom is -0.479 e. The molecule has 3 aliphatic rings. The van der Waals surface area contributed by atoms with E-state index in [2.05, 4.69) is 19.1 Å². The van der Waals surface area contributed by atoms with Crippen molar-refractivity contribution in [2.75, 3.05) is 6.61 Å². The fraction of sp³-hybridized carbons (Fsp3) is 0.786. The van der Waals surface area contributed by atoms with Gasteiger partial charge in [-0.15, -0.1) is 0 Å². The standard InChI is InChI=1S/C28H44O7/c1-4-5-6-7-8-10-16-21-20(24(29)26-25(21)34-28(2,3)35-26)15-11-9-12-17-22(27(30)31)33-23-18-13-14-19-32-23/h9-11,16,20-23,25-26H,4-8,12-15,17-19H2,1-3H3,(H,30,31)/t20-,21-,22?,23?,25+,26-/m1/s1. The molecule has 0 aromatic heterocycles. The van der Waals surface area contributed by atoms with Gasteiger partial charge in [0.05, 0.1) is 0 Å². The van der Waals surface area contributed by atoms with Crippen LogP contribution in [0, 0.1) is 11.8 Å². The number of ketones is 1. The summed E-state index contributed by atoms with van der Waals surface area (Å²) in [6.07, 6.45) is 16.3. The summed E-state index contributed by atoms with van der Waals surface area (Å²) in [5.41, 5.74) is 0. The van der Waals surface area contributed by atoms with E-state index in [1.165, 1.54) is 19.3 Å². The third-order valence-corrected chi connectivity index (χ3v) is 7.08. The Morgan fingerprint density at radius 3 is 2.69 bits per heavy atom. The topological polar surface area (TPSA) is 91.3 Å². The normalized spacial score (nSPS) is 31.4. The number of allylic oxidation sites excluding steroid dienone is 3. The van der Waals surface area contributed by atoms with Gasteiger partial charge >= 0.3 is 5.97 Å². The molecule has 3 fully saturated rings. The molecule has 0 aromatic carbocycles. The van der Waals surface area contributed by atoms with Crippen LogP contribution < -0.4 is 0 Å². The predicted octanol–water partition coefficient (Wildman–Crippen LogP) is 5.57. The molecule has 0 bridgehead atoms. The van der Waals surface area contributed by atoms with E-state index in [9.17, 15) is 14.7 Å². The minimum atomic E-state index is -0.965. The third kappa shape index (κ3) is 8.24. The average Bonchev–Trinajstić information content (AvgIpc) is 3.26. The molecule has 35 heavy (non-hydrogen) atoms. The van der Waals surface area contributed by atoms with Gasteiger partial charge < -0.3 is 24.1 Å². The molecule has 6 atom stereocenters.